The van der Waals surface area contributed by atoms with Crippen LogP contribution >= 0.6 is 22.9 Å². The van der Waals surface area contributed by atoms with Crippen molar-refractivity contribution in [3.63, 3.8) is 0 Å². The van der Waals surface area contributed by atoms with Crippen LogP contribution in [0.2, 0.25) is 4.34 Å². The molecule has 1 fully saturated rings. The molecule has 0 bridgehead atoms. The molecule has 1 nitrogen and oxygen atoms in total. The van der Waals surface area contributed by atoms with E-state index in [0.29, 0.717) is 0 Å². The van der Waals surface area contributed by atoms with E-state index in [4.69, 9.17) is 11.6 Å². The lowest BCUT2D eigenvalue weighted by Gasteiger charge is -2.27. The van der Waals surface area contributed by atoms with Crippen LogP contribution in [-0.2, 0) is 0 Å². The highest BCUT2D eigenvalue weighted by Gasteiger charge is 2.26. The number of hydrogen-bond acceptors (Lipinski definition) is 2. The highest BCUT2D eigenvalue weighted by molar-refractivity contribution is 7.14. The molecule has 2 rings (SSSR count). The van der Waals surface area contributed by atoms with E-state index in [1.165, 1.54) is 6.42 Å². The molecule has 0 amide bonds. The Kier molecular flexibility index (Phi) is 2.92. The minimum Gasteiger partial charge on any atom is -0.392 e. The summed E-state index contributed by atoms with van der Waals surface area (Å²) in [7, 11) is 0. The topological polar surface area (TPSA) is 20.2 Å². The number of rotatable bonds is 1. The molecule has 0 saturated heterocycles. The number of aliphatic hydroxyl groups is 1. The van der Waals surface area contributed by atoms with Gasteiger partial charge in [0.25, 0.3) is 0 Å². The van der Waals surface area contributed by atoms with Gasteiger partial charge in [0.05, 0.1) is 10.4 Å². The van der Waals surface area contributed by atoms with Crippen molar-refractivity contribution in [2.24, 2.45) is 0 Å². The van der Waals surface area contributed by atoms with Gasteiger partial charge in [-0.2, -0.15) is 0 Å². The van der Waals surface area contributed by atoms with Gasteiger partial charge < -0.3 is 5.11 Å². The highest BCUT2D eigenvalue weighted by Crippen LogP contribution is 2.38. The summed E-state index contributed by atoms with van der Waals surface area (Å²) in [4.78, 5) is 0. The number of aliphatic hydroxyl groups excluding tert-OH is 1. The molecule has 3 heteroatoms. The lowest BCUT2D eigenvalue weighted by atomic mass is 9.83. The Morgan fingerprint density at radius 2 is 2.15 bits per heavy atom. The third kappa shape index (κ3) is 1.90. The standard InChI is InChI=1S/C10H13ClOS/c11-10-8(5-6-13-10)7-3-1-2-4-9(7)12/h5-7,9,12H,1-4H2. The second kappa shape index (κ2) is 3.99. The maximum atomic E-state index is 9.81. The Balaban J connectivity index is 2.19. The van der Waals surface area contributed by atoms with Gasteiger partial charge >= 0.3 is 0 Å². The van der Waals surface area contributed by atoms with Gasteiger partial charge in [0.2, 0.25) is 0 Å². The molecule has 1 aliphatic carbocycles. The van der Waals surface area contributed by atoms with Crippen molar-refractivity contribution in [1.82, 2.24) is 0 Å². The molecule has 0 aromatic carbocycles. The maximum absolute atomic E-state index is 9.81. The van der Waals surface area contributed by atoms with Gasteiger partial charge in [-0.1, -0.05) is 24.4 Å². The lowest BCUT2D eigenvalue weighted by Crippen LogP contribution is -2.22. The van der Waals surface area contributed by atoms with Crippen molar-refractivity contribution in [3.8, 4) is 0 Å². The predicted octanol–water partition coefficient (Wildman–Crippen LogP) is 3.42. The number of thiophene rings is 1. The zero-order valence-corrected chi connectivity index (χ0v) is 8.94. The van der Waals surface area contributed by atoms with Crippen LogP contribution in [0.5, 0.6) is 0 Å². The van der Waals surface area contributed by atoms with Crippen LogP contribution < -0.4 is 0 Å². The Morgan fingerprint density at radius 1 is 1.38 bits per heavy atom. The van der Waals surface area contributed by atoms with Crippen molar-refractivity contribution in [2.75, 3.05) is 0 Å². The molecule has 1 aromatic heterocycles. The monoisotopic (exact) mass is 216 g/mol. The summed E-state index contributed by atoms with van der Waals surface area (Å²) in [6.07, 6.45) is 4.20. The second-order valence-electron chi connectivity index (χ2n) is 3.61. The van der Waals surface area contributed by atoms with Crippen molar-refractivity contribution in [3.05, 3.63) is 21.3 Å². The van der Waals surface area contributed by atoms with Crippen molar-refractivity contribution in [2.45, 2.75) is 37.7 Å². The molecule has 72 valence electrons. The molecule has 1 aliphatic rings. The van der Waals surface area contributed by atoms with Crippen LogP contribution in [0.25, 0.3) is 0 Å². The molecular weight excluding hydrogens is 204 g/mol. The van der Waals surface area contributed by atoms with Crippen molar-refractivity contribution < 1.29 is 5.11 Å². The van der Waals surface area contributed by atoms with Crippen LogP contribution in [0.15, 0.2) is 11.4 Å². The summed E-state index contributed by atoms with van der Waals surface area (Å²) in [5.74, 6) is 0.285. The first kappa shape index (κ1) is 9.50. The van der Waals surface area contributed by atoms with Crippen LogP contribution in [0.1, 0.15) is 37.2 Å². The smallest absolute Gasteiger partial charge is 0.0964 e. The Bertz CT molecular complexity index is 284. The summed E-state index contributed by atoms with van der Waals surface area (Å²) >= 11 is 7.60. The van der Waals surface area contributed by atoms with E-state index in [1.54, 1.807) is 11.3 Å². The molecule has 1 N–H and O–H groups in total. The Labute approximate surface area is 87.4 Å². The van der Waals surface area contributed by atoms with E-state index < -0.39 is 0 Å². The summed E-state index contributed by atoms with van der Waals surface area (Å²) in [5.41, 5.74) is 1.15. The molecule has 2 unspecified atom stereocenters. The molecule has 1 saturated carbocycles. The van der Waals surface area contributed by atoms with Gasteiger partial charge in [0, 0.05) is 5.92 Å². The molecule has 0 radical (unpaired) electrons. The summed E-state index contributed by atoms with van der Waals surface area (Å²) < 4.78 is 0.853. The van der Waals surface area contributed by atoms with Crippen molar-refractivity contribution in [1.29, 1.82) is 0 Å². The van der Waals surface area contributed by atoms with Gasteiger partial charge in [-0.15, -0.1) is 11.3 Å². The third-order valence-electron chi connectivity index (χ3n) is 2.78. The highest BCUT2D eigenvalue weighted by atomic mass is 35.5. The van der Waals surface area contributed by atoms with Crippen LogP contribution in [-0.4, -0.2) is 11.2 Å². The fourth-order valence-electron chi connectivity index (χ4n) is 2.04. The molecule has 2 atom stereocenters. The quantitative estimate of drug-likeness (QED) is 0.763. The molecule has 13 heavy (non-hydrogen) atoms. The Morgan fingerprint density at radius 3 is 2.77 bits per heavy atom. The predicted molar refractivity (Wildman–Crippen MR) is 56.5 cm³/mol. The average Bonchev–Trinajstić information content (AvgIpc) is 2.52. The van der Waals surface area contributed by atoms with E-state index in [0.717, 1.165) is 29.2 Å². The first-order chi connectivity index (χ1) is 6.29. The fraction of sp³-hybridized carbons (Fsp3) is 0.600. The first-order valence-corrected chi connectivity index (χ1v) is 5.96. The molecule has 1 heterocycles. The van der Waals surface area contributed by atoms with Crippen LogP contribution in [0.3, 0.4) is 0 Å². The molecule has 0 spiro atoms. The van der Waals surface area contributed by atoms with Crippen LogP contribution in [0, 0.1) is 0 Å². The summed E-state index contributed by atoms with van der Waals surface area (Å²) in [5, 5.41) is 11.8. The van der Waals surface area contributed by atoms with Gasteiger partial charge in [-0.05, 0) is 29.9 Å². The molecular formula is C10H13ClOS. The average molecular weight is 217 g/mol. The summed E-state index contributed by atoms with van der Waals surface area (Å²) in [6, 6.07) is 2.05. The fourth-order valence-corrected chi connectivity index (χ4v) is 3.09. The SMILES string of the molecule is OC1CCCCC1c1ccsc1Cl. The zero-order chi connectivity index (χ0) is 9.26. The minimum absolute atomic E-state index is 0.180. The molecule has 1 aromatic rings. The second-order valence-corrected chi connectivity index (χ2v) is 5.13. The zero-order valence-electron chi connectivity index (χ0n) is 7.37. The first-order valence-electron chi connectivity index (χ1n) is 4.70. The van der Waals surface area contributed by atoms with Gasteiger partial charge in [0.1, 0.15) is 0 Å². The largest absolute Gasteiger partial charge is 0.392 e. The van der Waals surface area contributed by atoms with E-state index in [9.17, 15) is 5.11 Å². The third-order valence-corrected chi connectivity index (χ3v) is 3.98. The van der Waals surface area contributed by atoms with E-state index in [-0.39, 0.29) is 12.0 Å². The minimum atomic E-state index is -0.180. The van der Waals surface area contributed by atoms with Gasteiger partial charge in [0.15, 0.2) is 0 Å². The van der Waals surface area contributed by atoms with Gasteiger partial charge in [-0.3, -0.25) is 0 Å². The number of hydrogen-bond donors (Lipinski definition) is 1. The normalized spacial score (nSPS) is 29.1. The van der Waals surface area contributed by atoms with Crippen molar-refractivity contribution >= 4 is 22.9 Å². The van der Waals surface area contributed by atoms with E-state index in [2.05, 4.69) is 0 Å². The maximum Gasteiger partial charge on any atom is 0.0964 e. The molecule has 0 aliphatic heterocycles. The van der Waals surface area contributed by atoms with Gasteiger partial charge in [-0.25, -0.2) is 0 Å². The van der Waals surface area contributed by atoms with Crippen LogP contribution in [0.4, 0.5) is 0 Å². The number of halogens is 1. The lowest BCUT2D eigenvalue weighted by molar-refractivity contribution is 0.106. The van der Waals surface area contributed by atoms with E-state index >= 15 is 0 Å². The summed E-state index contributed by atoms with van der Waals surface area (Å²) in [6.45, 7) is 0. The van der Waals surface area contributed by atoms with E-state index in [1.807, 2.05) is 11.4 Å². The Hall–Kier alpha value is -0.0500.